The summed E-state index contributed by atoms with van der Waals surface area (Å²) in [4.78, 5) is 16.1. The van der Waals surface area contributed by atoms with E-state index in [0.717, 1.165) is 45.3 Å². The van der Waals surface area contributed by atoms with Crippen LogP contribution in [0.3, 0.4) is 0 Å². The molecule has 0 aliphatic carbocycles. The lowest BCUT2D eigenvalue weighted by atomic mass is 10.0. The van der Waals surface area contributed by atoms with Crippen LogP contribution in [0.1, 0.15) is 5.56 Å². The van der Waals surface area contributed by atoms with Gasteiger partial charge in [-0.15, -0.1) is 0 Å². The zero-order valence-electron chi connectivity index (χ0n) is 24.6. The normalized spacial score (nSPS) is 10.6. The summed E-state index contributed by atoms with van der Waals surface area (Å²) in [6.45, 7) is 2.12. The van der Waals surface area contributed by atoms with Crippen LogP contribution in [-0.2, 0) is 4.74 Å². The SMILES string of the molecule is COC(=O)Oc1cccc(N(c2ccccc2)c2ccc(-c3ccc(N(c4ccccc4)c4cccc(C)c4)cc3)cc2)c1. The average Bonchev–Trinajstić information content (AvgIpc) is 3.07. The lowest BCUT2D eigenvalue weighted by Crippen LogP contribution is -2.11. The molecule has 0 fully saturated rings. The molecule has 0 N–H and O–H groups in total. The molecule has 0 heterocycles. The van der Waals surface area contributed by atoms with Crippen molar-refractivity contribution in [3.63, 3.8) is 0 Å². The van der Waals surface area contributed by atoms with Gasteiger partial charge < -0.3 is 19.3 Å². The minimum absolute atomic E-state index is 0.405. The fourth-order valence-electron chi connectivity index (χ4n) is 5.25. The molecule has 0 spiro atoms. The van der Waals surface area contributed by atoms with Crippen LogP contribution in [0, 0.1) is 6.92 Å². The van der Waals surface area contributed by atoms with E-state index in [9.17, 15) is 4.79 Å². The summed E-state index contributed by atoms with van der Waals surface area (Å²) in [6.07, 6.45) is -0.755. The first-order chi connectivity index (χ1) is 21.6. The second-order valence-corrected chi connectivity index (χ2v) is 10.3. The summed E-state index contributed by atoms with van der Waals surface area (Å²) in [5, 5.41) is 0. The highest BCUT2D eigenvalue weighted by atomic mass is 16.7. The summed E-state index contributed by atoms with van der Waals surface area (Å²) in [5.74, 6) is 0.405. The van der Waals surface area contributed by atoms with E-state index in [1.165, 1.54) is 12.7 Å². The molecule has 0 atom stereocenters. The van der Waals surface area contributed by atoms with Crippen molar-refractivity contribution in [2.75, 3.05) is 16.9 Å². The van der Waals surface area contributed by atoms with Gasteiger partial charge in [-0.2, -0.15) is 0 Å². The minimum atomic E-state index is -0.755. The molecule has 0 bridgehead atoms. The van der Waals surface area contributed by atoms with E-state index in [1.54, 1.807) is 6.07 Å². The minimum Gasteiger partial charge on any atom is -0.437 e. The Morgan fingerprint density at radius 1 is 0.477 bits per heavy atom. The monoisotopic (exact) mass is 576 g/mol. The van der Waals surface area contributed by atoms with E-state index in [1.807, 2.05) is 54.6 Å². The number of para-hydroxylation sites is 2. The van der Waals surface area contributed by atoms with Crippen molar-refractivity contribution in [1.29, 1.82) is 0 Å². The van der Waals surface area contributed by atoms with Gasteiger partial charge >= 0.3 is 6.16 Å². The Bertz CT molecular complexity index is 1840. The van der Waals surface area contributed by atoms with Crippen molar-refractivity contribution in [3.8, 4) is 16.9 Å². The Hall–Kier alpha value is -5.81. The fraction of sp³-hybridized carbons (Fsp3) is 0.0513. The predicted molar refractivity (Wildman–Crippen MR) is 179 cm³/mol. The average molecular weight is 577 g/mol. The molecule has 0 amide bonds. The number of rotatable bonds is 8. The number of benzene rings is 6. The third-order valence-electron chi connectivity index (χ3n) is 7.32. The van der Waals surface area contributed by atoms with Crippen molar-refractivity contribution >= 4 is 40.3 Å². The van der Waals surface area contributed by atoms with Crippen LogP contribution in [-0.4, -0.2) is 13.3 Å². The van der Waals surface area contributed by atoms with Crippen LogP contribution in [0.5, 0.6) is 5.75 Å². The molecule has 0 aliphatic heterocycles. The molecule has 0 saturated heterocycles. The van der Waals surface area contributed by atoms with Crippen molar-refractivity contribution in [1.82, 2.24) is 0 Å². The quantitative estimate of drug-likeness (QED) is 0.133. The Morgan fingerprint density at radius 2 is 0.909 bits per heavy atom. The first kappa shape index (κ1) is 28.3. The highest BCUT2D eigenvalue weighted by Crippen LogP contribution is 2.38. The number of nitrogens with zero attached hydrogens (tertiary/aromatic N) is 2. The van der Waals surface area contributed by atoms with E-state index < -0.39 is 6.16 Å². The van der Waals surface area contributed by atoms with Gasteiger partial charge in [0.2, 0.25) is 0 Å². The highest BCUT2D eigenvalue weighted by molar-refractivity contribution is 5.81. The molecule has 6 aromatic rings. The number of methoxy groups -OCH3 is 1. The van der Waals surface area contributed by atoms with E-state index in [2.05, 4.69) is 119 Å². The Morgan fingerprint density at radius 3 is 1.39 bits per heavy atom. The zero-order valence-corrected chi connectivity index (χ0v) is 24.6. The molecule has 6 rings (SSSR count). The Balaban J connectivity index is 1.31. The van der Waals surface area contributed by atoms with Crippen molar-refractivity contribution in [2.45, 2.75) is 6.92 Å². The molecule has 6 aromatic carbocycles. The number of ether oxygens (including phenoxy) is 2. The third-order valence-corrected chi connectivity index (χ3v) is 7.32. The Labute approximate surface area is 258 Å². The maximum Gasteiger partial charge on any atom is 0.513 e. The van der Waals surface area contributed by atoms with Gasteiger partial charge in [-0.25, -0.2) is 4.79 Å². The van der Waals surface area contributed by atoms with Crippen LogP contribution in [0.25, 0.3) is 11.1 Å². The molecule has 5 nitrogen and oxygen atoms in total. The van der Waals surface area contributed by atoms with Crippen LogP contribution < -0.4 is 14.5 Å². The second-order valence-electron chi connectivity index (χ2n) is 10.3. The van der Waals surface area contributed by atoms with Gasteiger partial charge in [0.15, 0.2) is 0 Å². The zero-order chi connectivity index (χ0) is 30.3. The largest absolute Gasteiger partial charge is 0.513 e. The molecule has 216 valence electrons. The molecule has 0 radical (unpaired) electrons. The van der Waals surface area contributed by atoms with Gasteiger partial charge in [0.25, 0.3) is 0 Å². The standard InChI is InChI=1S/C39H32N2O3/c1-29-11-9-16-36(27-29)40(32-12-5-3-6-13-32)34-23-19-30(20-24-34)31-21-25-35(26-22-31)41(33-14-7-4-8-15-33)37-17-10-18-38(28-37)44-39(42)43-2/h3-28H,1-2H3. The van der Waals surface area contributed by atoms with Crippen molar-refractivity contribution < 1.29 is 14.3 Å². The molecule has 0 aliphatic rings. The molecular weight excluding hydrogens is 544 g/mol. The lowest BCUT2D eigenvalue weighted by Gasteiger charge is -2.26. The lowest BCUT2D eigenvalue weighted by molar-refractivity contribution is 0.121. The maximum atomic E-state index is 11.7. The van der Waals surface area contributed by atoms with Crippen molar-refractivity contribution in [3.05, 3.63) is 163 Å². The predicted octanol–water partition coefficient (Wildman–Crippen LogP) is 10.7. The first-order valence-electron chi connectivity index (χ1n) is 14.4. The molecule has 44 heavy (non-hydrogen) atoms. The van der Waals surface area contributed by atoms with Gasteiger partial charge in [-0.05, 0) is 96.4 Å². The first-order valence-corrected chi connectivity index (χ1v) is 14.4. The second kappa shape index (κ2) is 13.0. The number of carbonyl (C=O) groups excluding carboxylic acids is 1. The molecule has 0 aromatic heterocycles. The summed E-state index contributed by atoms with van der Waals surface area (Å²) in [6, 6.07) is 53.6. The van der Waals surface area contributed by atoms with E-state index in [0.29, 0.717) is 5.75 Å². The van der Waals surface area contributed by atoms with Gasteiger partial charge in [0.1, 0.15) is 5.75 Å². The van der Waals surface area contributed by atoms with Crippen molar-refractivity contribution in [2.24, 2.45) is 0 Å². The van der Waals surface area contributed by atoms with E-state index in [4.69, 9.17) is 4.74 Å². The van der Waals surface area contributed by atoms with Gasteiger partial charge in [-0.3, -0.25) is 0 Å². The third kappa shape index (κ3) is 6.32. The molecule has 5 heteroatoms. The number of hydrogen-bond acceptors (Lipinski definition) is 5. The molecule has 0 unspecified atom stereocenters. The topological polar surface area (TPSA) is 42.0 Å². The summed E-state index contributed by atoms with van der Waals surface area (Å²) in [7, 11) is 1.29. The molecular formula is C39H32N2O3. The van der Waals surface area contributed by atoms with Gasteiger partial charge in [-0.1, -0.05) is 78.9 Å². The van der Waals surface area contributed by atoms with Crippen LogP contribution in [0.4, 0.5) is 38.9 Å². The summed E-state index contributed by atoms with van der Waals surface area (Å²) < 4.78 is 9.97. The van der Waals surface area contributed by atoms with Crippen LogP contribution >= 0.6 is 0 Å². The number of carbonyl (C=O) groups is 1. The Kier molecular flexibility index (Phi) is 8.37. The van der Waals surface area contributed by atoms with Crippen LogP contribution in [0.15, 0.2) is 158 Å². The molecule has 0 saturated carbocycles. The van der Waals surface area contributed by atoms with Gasteiger partial charge in [0.05, 0.1) is 7.11 Å². The van der Waals surface area contributed by atoms with Crippen LogP contribution in [0.2, 0.25) is 0 Å². The maximum absolute atomic E-state index is 11.7. The van der Waals surface area contributed by atoms with E-state index in [-0.39, 0.29) is 0 Å². The van der Waals surface area contributed by atoms with Gasteiger partial charge in [0, 0.05) is 40.2 Å². The summed E-state index contributed by atoms with van der Waals surface area (Å²) >= 11 is 0. The summed E-state index contributed by atoms with van der Waals surface area (Å²) in [5.41, 5.74) is 9.58. The van der Waals surface area contributed by atoms with E-state index >= 15 is 0 Å². The fourth-order valence-corrected chi connectivity index (χ4v) is 5.25. The number of aryl methyl sites for hydroxylation is 1. The number of hydrogen-bond donors (Lipinski definition) is 0. The highest BCUT2D eigenvalue weighted by Gasteiger charge is 2.15. The number of anilines is 6. The smallest absolute Gasteiger partial charge is 0.437 e.